The molecule has 0 radical (unpaired) electrons. The Labute approximate surface area is 134 Å². The van der Waals surface area contributed by atoms with Crippen LogP contribution in [0.1, 0.15) is 20.3 Å². The fourth-order valence-electron chi connectivity index (χ4n) is 2.02. The second kappa shape index (κ2) is 8.97. The van der Waals surface area contributed by atoms with Crippen molar-refractivity contribution in [1.29, 1.82) is 0 Å². The van der Waals surface area contributed by atoms with Gasteiger partial charge >= 0.3 is 0 Å². The van der Waals surface area contributed by atoms with Crippen LogP contribution in [0.3, 0.4) is 0 Å². The van der Waals surface area contributed by atoms with E-state index in [1.165, 1.54) is 19.5 Å². The Hall–Kier alpha value is -0.0800. The summed E-state index contributed by atoms with van der Waals surface area (Å²) in [5.74, 6) is 1.58. The number of likely N-dealkylation sites (tertiary alicyclic amines) is 1. The fourth-order valence-corrected chi connectivity index (χ4v) is 2.02. The number of aliphatic imine (C=N–C) groups is 1. The lowest BCUT2D eigenvalue weighted by Gasteiger charge is -2.24. The van der Waals surface area contributed by atoms with E-state index in [0.29, 0.717) is 0 Å². The van der Waals surface area contributed by atoms with Crippen molar-refractivity contribution in [2.24, 2.45) is 10.9 Å². The number of methoxy groups -OCH3 is 1. The molecule has 1 rings (SSSR count). The zero-order valence-corrected chi connectivity index (χ0v) is 15.2. The summed E-state index contributed by atoms with van der Waals surface area (Å²) in [4.78, 5) is 6.60. The molecular formula is C13H29IN4O. The van der Waals surface area contributed by atoms with Gasteiger partial charge in [0.1, 0.15) is 0 Å². The second-order valence-corrected chi connectivity index (χ2v) is 5.69. The van der Waals surface area contributed by atoms with Crippen LogP contribution >= 0.6 is 24.0 Å². The monoisotopic (exact) mass is 384 g/mol. The third-order valence-electron chi connectivity index (χ3n) is 3.50. The minimum Gasteiger partial charge on any atom is -0.377 e. The van der Waals surface area contributed by atoms with Gasteiger partial charge in [0.05, 0.1) is 5.60 Å². The van der Waals surface area contributed by atoms with Crippen LogP contribution < -0.4 is 10.6 Å². The predicted octanol–water partition coefficient (Wildman–Crippen LogP) is 1.15. The van der Waals surface area contributed by atoms with Crippen LogP contribution in [0, 0.1) is 5.92 Å². The molecule has 5 nitrogen and oxygen atoms in total. The molecule has 114 valence electrons. The molecule has 0 spiro atoms. The first-order valence-corrected chi connectivity index (χ1v) is 6.65. The van der Waals surface area contributed by atoms with Crippen molar-refractivity contribution in [3.63, 3.8) is 0 Å². The van der Waals surface area contributed by atoms with Gasteiger partial charge in [0.15, 0.2) is 5.96 Å². The van der Waals surface area contributed by atoms with Gasteiger partial charge in [0.25, 0.3) is 0 Å². The molecule has 2 N–H and O–H groups in total. The summed E-state index contributed by atoms with van der Waals surface area (Å²) in [7, 11) is 5.70. The van der Waals surface area contributed by atoms with E-state index < -0.39 is 0 Å². The fraction of sp³-hybridized carbons (Fsp3) is 0.923. The molecule has 19 heavy (non-hydrogen) atoms. The van der Waals surface area contributed by atoms with E-state index in [1.54, 1.807) is 14.2 Å². The van der Waals surface area contributed by atoms with Crippen molar-refractivity contribution in [2.75, 3.05) is 47.4 Å². The van der Waals surface area contributed by atoms with E-state index in [0.717, 1.165) is 25.0 Å². The average Bonchev–Trinajstić information content (AvgIpc) is 2.75. The van der Waals surface area contributed by atoms with E-state index in [-0.39, 0.29) is 29.6 Å². The van der Waals surface area contributed by atoms with E-state index >= 15 is 0 Å². The number of nitrogens with one attached hydrogen (secondary N) is 2. The molecule has 6 heteroatoms. The highest BCUT2D eigenvalue weighted by Crippen LogP contribution is 2.12. The van der Waals surface area contributed by atoms with Gasteiger partial charge < -0.3 is 20.3 Å². The van der Waals surface area contributed by atoms with Gasteiger partial charge in [0, 0.05) is 33.8 Å². The second-order valence-electron chi connectivity index (χ2n) is 5.69. The highest BCUT2D eigenvalue weighted by molar-refractivity contribution is 14.0. The zero-order valence-electron chi connectivity index (χ0n) is 12.8. The topological polar surface area (TPSA) is 48.9 Å². The van der Waals surface area contributed by atoms with Gasteiger partial charge in [-0.15, -0.1) is 24.0 Å². The smallest absolute Gasteiger partial charge is 0.191 e. The summed E-state index contributed by atoms with van der Waals surface area (Å²) >= 11 is 0. The standard InChI is InChI=1S/C13H28N4O.HI/c1-13(2,18-5)10-16-12(14-3)15-8-11-6-7-17(4)9-11;/h11H,6-10H2,1-5H3,(H2,14,15,16);1H. The van der Waals surface area contributed by atoms with Crippen molar-refractivity contribution in [3.8, 4) is 0 Å². The maximum Gasteiger partial charge on any atom is 0.191 e. The summed E-state index contributed by atoms with van der Waals surface area (Å²) < 4.78 is 5.37. The Bertz CT molecular complexity index is 284. The van der Waals surface area contributed by atoms with Crippen molar-refractivity contribution in [1.82, 2.24) is 15.5 Å². The van der Waals surface area contributed by atoms with Crippen LogP contribution in [0.25, 0.3) is 0 Å². The van der Waals surface area contributed by atoms with Gasteiger partial charge in [-0.2, -0.15) is 0 Å². The SMILES string of the molecule is CN=C(NCC1CCN(C)C1)NCC(C)(C)OC.I. The Balaban J connectivity index is 0.00000324. The first-order valence-electron chi connectivity index (χ1n) is 6.65. The number of halogens is 1. The molecule has 0 aliphatic carbocycles. The summed E-state index contributed by atoms with van der Waals surface area (Å²) in [6.07, 6.45) is 1.27. The normalized spacial score (nSPS) is 21.1. The first-order chi connectivity index (χ1) is 8.46. The van der Waals surface area contributed by atoms with Crippen molar-refractivity contribution >= 4 is 29.9 Å². The van der Waals surface area contributed by atoms with Gasteiger partial charge in [-0.3, -0.25) is 4.99 Å². The lowest BCUT2D eigenvalue weighted by molar-refractivity contribution is 0.0268. The summed E-state index contributed by atoms with van der Waals surface area (Å²) in [5.41, 5.74) is -0.175. The van der Waals surface area contributed by atoms with E-state index in [9.17, 15) is 0 Å². The predicted molar refractivity (Wildman–Crippen MR) is 91.5 cm³/mol. The molecule has 1 saturated heterocycles. The maximum atomic E-state index is 5.37. The van der Waals surface area contributed by atoms with Crippen LogP contribution in [0.5, 0.6) is 0 Å². The highest BCUT2D eigenvalue weighted by atomic mass is 127. The van der Waals surface area contributed by atoms with Crippen LogP contribution in [-0.4, -0.2) is 63.8 Å². The Morgan fingerprint density at radius 3 is 2.58 bits per heavy atom. The lowest BCUT2D eigenvalue weighted by atomic mass is 10.1. The van der Waals surface area contributed by atoms with E-state index in [2.05, 4.69) is 41.4 Å². The molecule has 0 aromatic rings. The van der Waals surface area contributed by atoms with Crippen molar-refractivity contribution in [3.05, 3.63) is 0 Å². The van der Waals surface area contributed by atoms with Gasteiger partial charge in [0.2, 0.25) is 0 Å². The molecule has 0 amide bonds. The molecule has 0 saturated carbocycles. The maximum absolute atomic E-state index is 5.37. The summed E-state index contributed by atoms with van der Waals surface area (Å²) in [6, 6.07) is 0. The third kappa shape index (κ3) is 7.31. The molecule has 1 atom stereocenters. The molecule has 1 fully saturated rings. The molecule has 0 aromatic carbocycles. The molecule has 1 heterocycles. The molecule has 1 aliphatic rings. The lowest BCUT2D eigenvalue weighted by Crippen LogP contribution is -2.46. The van der Waals surface area contributed by atoms with Crippen LogP contribution in [0.15, 0.2) is 4.99 Å². The van der Waals surface area contributed by atoms with Crippen molar-refractivity contribution < 1.29 is 4.74 Å². The largest absolute Gasteiger partial charge is 0.377 e. The van der Waals surface area contributed by atoms with Gasteiger partial charge in [-0.1, -0.05) is 0 Å². The van der Waals surface area contributed by atoms with E-state index in [4.69, 9.17) is 4.74 Å². The minimum absolute atomic E-state index is 0. The third-order valence-corrected chi connectivity index (χ3v) is 3.50. The summed E-state index contributed by atoms with van der Waals surface area (Å²) in [6.45, 7) is 8.21. The van der Waals surface area contributed by atoms with Crippen LogP contribution in [0.2, 0.25) is 0 Å². The number of hydrogen-bond donors (Lipinski definition) is 2. The minimum atomic E-state index is -0.175. The number of nitrogens with zero attached hydrogens (tertiary/aromatic N) is 2. The van der Waals surface area contributed by atoms with Gasteiger partial charge in [-0.25, -0.2) is 0 Å². The van der Waals surface area contributed by atoms with E-state index in [1.807, 2.05) is 0 Å². The number of ether oxygens (including phenoxy) is 1. The first kappa shape index (κ1) is 18.9. The Morgan fingerprint density at radius 2 is 2.11 bits per heavy atom. The Morgan fingerprint density at radius 1 is 1.42 bits per heavy atom. The number of hydrogen-bond acceptors (Lipinski definition) is 3. The van der Waals surface area contributed by atoms with Crippen molar-refractivity contribution in [2.45, 2.75) is 25.9 Å². The van der Waals surface area contributed by atoms with Crippen LogP contribution in [0.4, 0.5) is 0 Å². The van der Waals surface area contributed by atoms with Crippen LogP contribution in [-0.2, 0) is 4.74 Å². The Kier molecular flexibility index (Phi) is 8.93. The number of guanidine groups is 1. The molecule has 1 aliphatic heterocycles. The molecule has 0 bridgehead atoms. The molecular weight excluding hydrogens is 355 g/mol. The molecule has 1 unspecified atom stereocenters. The van der Waals surface area contributed by atoms with Gasteiger partial charge in [-0.05, 0) is 39.8 Å². The summed E-state index contributed by atoms with van der Waals surface area (Å²) in [5, 5.41) is 6.68. The molecule has 0 aromatic heterocycles. The highest BCUT2D eigenvalue weighted by Gasteiger charge is 2.20. The quantitative estimate of drug-likeness (QED) is 0.424. The number of rotatable bonds is 5. The average molecular weight is 384 g/mol. The zero-order chi connectivity index (χ0) is 13.6.